The summed E-state index contributed by atoms with van der Waals surface area (Å²) in [7, 11) is 0. The molecule has 0 radical (unpaired) electrons. The summed E-state index contributed by atoms with van der Waals surface area (Å²) in [6, 6.07) is 8.28. The van der Waals surface area contributed by atoms with Gasteiger partial charge in [0.1, 0.15) is 17.6 Å². The van der Waals surface area contributed by atoms with Gasteiger partial charge in [-0.3, -0.25) is 9.69 Å². The molecule has 7 nitrogen and oxygen atoms in total. The number of aromatic nitrogens is 2. The molecule has 0 saturated carbocycles. The number of carbonyl (C=O) groups excluding carboxylic acids is 2. The third-order valence-corrected chi connectivity index (χ3v) is 4.56. The minimum absolute atomic E-state index is 0.129. The molecule has 28 heavy (non-hydrogen) atoms. The molecule has 8 heteroatoms. The Bertz CT molecular complexity index is 1080. The van der Waals surface area contributed by atoms with E-state index in [4.69, 9.17) is 4.74 Å². The molecule has 2 aromatic heterocycles. The van der Waals surface area contributed by atoms with E-state index in [1.165, 1.54) is 17.9 Å². The Balaban J connectivity index is 1.62. The maximum absolute atomic E-state index is 14.8. The molecule has 1 N–H and O–H groups in total. The van der Waals surface area contributed by atoms with Crippen LogP contribution in [-0.4, -0.2) is 34.0 Å². The van der Waals surface area contributed by atoms with Gasteiger partial charge in [-0.2, -0.15) is 0 Å². The van der Waals surface area contributed by atoms with Crippen LogP contribution in [0.15, 0.2) is 42.7 Å². The molecule has 1 aromatic carbocycles. The van der Waals surface area contributed by atoms with E-state index in [1.54, 1.807) is 48.0 Å². The fourth-order valence-electron chi connectivity index (χ4n) is 3.23. The highest BCUT2D eigenvalue weighted by molar-refractivity contribution is 5.90. The number of benzene rings is 1. The van der Waals surface area contributed by atoms with Gasteiger partial charge in [0.25, 0.3) is 0 Å². The molecule has 1 saturated heterocycles. The average molecular weight is 382 g/mol. The lowest BCUT2D eigenvalue weighted by atomic mass is 10.1. The third kappa shape index (κ3) is 3.40. The van der Waals surface area contributed by atoms with Crippen LogP contribution in [-0.2, 0) is 16.1 Å². The molecule has 3 aromatic rings. The van der Waals surface area contributed by atoms with Gasteiger partial charge in [0, 0.05) is 30.4 Å². The summed E-state index contributed by atoms with van der Waals surface area (Å²) >= 11 is 0. The topological polar surface area (TPSA) is 75.9 Å². The molecule has 1 atom stereocenters. The van der Waals surface area contributed by atoms with Gasteiger partial charge < -0.3 is 14.5 Å². The predicted octanol–water partition coefficient (Wildman–Crippen LogP) is 3.12. The monoisotopic (exact) mass is 382 g/mol. The highest BCUT2D eigenvalue weighted by Crippen LogP contribution is 2.29. The average Bonchev–Trinajstić information content (AvgIpc) is 3.21. The van der Waals surface area contributed by atoms with Crippen LogP contribution in [0.5, 0.6) is 0 Å². The van der Waals surface area contributed by atoms with E-state index in [1.807, 2.05) is 0 Å². The summed E-state index contributed by atoms with van der Waals surface area (Å²) in [5.41, 5.74) is 2.98. The zero-order chi connectivity index (χ0) is 19.8. The van der Waals surface area contributed by atoms with Crippen LogP contribution in [0.2, 0.25) is 0 Å². The molecule has 144 valence electrons. The zero-order valence-corrected chi connectivity index (χ0v) is 15.5. The van der Waals surface area contributed by atoms with Gasteiger partial charge in [-0.05, 0) is 37.3 Å². The van der Waals surface area contributed by atoms with Crippen molar-refractivity contribution in [3.63, 3.8) is 0 Å². The summed E-state index contributed by atoms with van der Waals surface area (Å²) in [5.74, 6) is -0.557. The maximum atomic E-state index is 14.8. The number of imidazole rings is 1. The Kier molecular flexibility index (Phi) is 4.46. The van der Waals surface area contributed by atoms with E-state index in [0.717, 1.165) is 0 Å². The van der Waals surface area contributed by atoms with E-state index in [2.05, 4.69) is 10.3 Å². The standard InChI is InChI=1S/C20H19FN4O3/c1-12-9-25(20(27)28-12)16-4-5-17(18(21)7-16)14-3-6-19-23-15(8-22-13(2)26)11-24(19)10-14/h3-7,10-12H,8-9H2,1-2H3,(H,22,26). The van der Waals surface area contributed by atoms with Crippen molar-refractivity contribution in [1.82, 2.24) is 14.7 Å². The van der Waals surface area contributed by atoms with Crippen molar-refractivity contribution < 1.29 is 18.7 Å². The summed E-state index contributed by atoms with van der Waals surface area (Å²) in [6.45, 7) is 3.97. The molecule has 3 heterocycles. The van der Waals surface area contributed by atoms with Crippen molar-refractivity contribution in [1.29, 1.82) is 0 Å². The highest BCUT2D eigenvalue weighted by Gasteiger charge is 2.29. The Morgan fingerprint density at radius 1 is 1.32 bits per heavy atom. The number of halogens is 1. The molecular formula is C20H19FN4O3. The van der Waals surface area contributed by atoms with Crippen LogP contribution in [0.25, 0.3) is 16.8 Å². The number of anilines is 1. The summed E-state index contributed by atoms with van der Waals surface area (Å²) in [5, 5.41) is 2.70. The van der Waals surface area contributed by atoms with E-state index in [0.29, 0.717) is 41.2 Å². The number of nitrogens with one attached hydrogen (secondary N) is 1. The second kappa shape index (κ2) is 6.95. The molecule has 0 aliphatic carbocycles. The number of amides is 2. The van der Waals surface area contributed by atoms with Gasteiger partial charge >= 0.3 is 6.09 Å². The van der Waals surface area contributed by atoms with E-state index >= 15 is 0 Å². The normalized spacial score (nSPS) is 16.5. The summed E-state index contributed by atoms with van der Waals surface area (Å²) in [6.07, 6.45) is 2.89. The number of rotatable bonds is 4. The Morgan fingerprint density at radius 3 is 2.82 bits per heavy atom. The Morgan fingerprint density at radius 2 is 2.14 bits per heavy atom. The van der Waals surface area contributed by atoms with Crippen molar-refractivity contribution in [2.45, 2.75) is 26.5 Å². The smallest absolute Gasteiger partial charge is 0.414 e. The first-order chi connectivity index (χ1) is 13.4. The minimum Gasteiger partial charge on any atom is -0.444 e. The van der Waals surface area contributed by atoms with Crippen molar-refractivity contribution in [3.05, 3.63) is 54.2 Å². The van der Waals surface area contributed by atoms with Gasteiger partial charge in [-0.15, -0.1) is 0 Å². The summed E-state index contributed by atoms with van der Waals surface area (Å²) < 4.78 is 21.7. The first kappa shape index (κ1) is 18.0. The van der Waals surface area contributed by atoms with Crippen molar-refractivity contribution in [3.8, 4) is 11.1 Å². The third-order valence-electron chi connectivity index (χ3n) is 4.56. The Labute approximate surface area is 160 Å². The number of cyclic esters (lactones) is 1. The SMILES string of the molecule is CC(=O)NCc1cn2cc(-c3ccc(N4CC(C)OC4=O)cc3F)ccc2n1. The van der Waals surface area contributed by atoms with Gasteiger partial charge in [0.15, 0.2) is 0 Å². The van der Waals surface area contributed by atoms with Crippen LogP contribution in [0, 0.1) is 5.82 Å². The largest absolute Gasteiger partial charge is 0.444 e. The molecule has 1 aliphatic rings. The van der Waals surface area contributed by atoms with Crippen LogP contribution < -0.4 is 10.2 Å². The lowest BCUT2D eigenvalue weighted by Gasteiger charge is -2.14. The number of ether oxygens (including phenoxy) is 1. The summed E-state index contributed by atoms with van der Waals surface area (Å²) in [4.78, 5) is 28.7. The fraction of sp³-hybridized carbons (Fsp3) is 0.250. The van der Waals surface area contributed by atoms with Crippen molar-refractivity contribution >= 4 is 23.3 Å². The second-order valence-corrected chi connectivity index (χ2v) is 6.79. The van der Waals surface area contributed by atoms with E-state index in [-0.39, 0.29) is 12.0 Å². The Hall–Kier alpha value is -3.42. The number of pyridine rings is 1. The van der Waals surface area contributed by atoms with Crippen molar-refractivity contribution in [2.75, 3.05) is 11.4 Å². The van der Waals surface area contributed by atoms with Gasteiger partial charge in [0.2, 0.25) is 5.91 Å². The van der Waals surface area contributed by atoms with E-state index in [9.17, 15) is 14.0 Å². The van der Waals surface area contributed by atoms with Crippen LogP contribution in [0.3, 0.4) is 0 Å². The van der Waals surface area contributed by atoms with Crippen LogP contribution in [0.4, 0.5) is 14.9 Å². The molecule has 0 spiro atoms. The lowest BCUT2D eigenvalue weighted by Crippen LogP contribution is -2.24. The number of hydrogen-bond acceptors (Lipinski definition) is 4. The predicted molar refractivity (Wildman–Crippen MR) is 101 cm³/mol. The molecule has 0 bridgehead atoms. The quantitative estimate of drug-likeness (QED) is 0.752. The number of nitrogens with zero attached hydrogens (tertiary/aromatic N) is 3. The minimum atomic E-state index is -0.466. The van der Waals surface area contributed by atoms with Crippen LogP contribution in [0.1, 0.15) is 19.5 Å². The number of carbonyl (C=O) groups is 2. The van der Waals surface area contributed by atoms with Gasteiger partial charge in [-0.25, -0.2) is 14.2 Å². The molecule has 4 rings (SSSR count). The molecule has 1 aliphatic heterocycles. The van der Waals surface area contributed by atoms with E-state index < -0.39 is 11.9 Å². The molecular weight excluding hydrogens is 363 g/mol. The zero-order valence-electron chi connectivity index (χ0n) is 15.5. The maximum Gasteiger partial charge on any atom is 0.414 e. The van der Waals surface area contributed by atoms with Crippen LogP contribution >= 0.6 is 0 Å². The lowest BCUT2D eigenvalue weighted by molar-refractivity contribution is -0.119. The second-order valence-electron chi connectivity index (χ2n) is 6.79. The molecule has 1 unspecified atom stereocenters. The van der Waals surface area contributed by atoms with Gasteiger partial charge in [0.05, 0.1) is 24.5 Å². The fourth-order valence-corrected chi connectivity index (χ4v) is 3.23. The first-order valence-electron chi connectivity index (χ1n) is 8.91. The number of fused-ring (bicyclic) bond motifs is 1. The van der Waals surface area contributed by atoms with Crippen molar-refractivity contribution in [2.24, 2.45) is 0 Å². The van der Waals surface area contributed by atoms with Gasteiger partial charge in [-0.1, -0.05) is 0 Å². The molecule has 2 amide bonds. The number of hydrogen-bond donors (Lipinski definition) is 1. The molecule has 1 fully saturated rings. The highest BCUT2D eigenvalue weighted by atomic mass is 19.1. The first-order valence-corrected chi connectivity index (χ1v) is 8.91.